The topological polar surface area (TPSA) is 85.3 Å². The third-order valence-electron chi connectivity index (χ3n) is 4.12. The number of fused-ring (bicyclic) bond motifs is 1. The van der Waals surface area contributed by atoms with Gasteiger partial charge in [0.1, 0.15) is 5.69 Å². The van der Waals surface area contributed by atoms with E-state index in [4.69, 9.17) is 4.74 Å². The Labute approximate surface area is 153 Å². The van der Waals surface area contributed by atoms with Gasteiger partial charge < -0.3 is 9.64 Å². The highest BCUT2D eigenvalue weighted by atomic mass is 32.1. The average molecular weight is 366 g/mol. The van der Waals surface area contributed by atoms with Crippen molar-refractivity contribution in [2.45, 2.75) is 6.42 Å². The lowest BCUT2D eigenvalue weighted by Crippen LogP contribution is -2.29. The van der Waals surface area contributed by atoms with Crippen LogP contribution in [0.3, 0.4) is 0 Å². The van der Waals surface area contributed by atoms with Crippen molar-refractivity contribution in [1.82, 2.24) is 15.0 Å². The largest absolute Gasteiger partial charge is 0.465 e. The van der Waals surface area contributed by atoms with E-state index in [1.807, 2.05) is 0 Å². The first kappa shape index (κ1) is 16.3. The summed E-state index contributed by atoms with van der Waals surface area (Å²) >= 11 is 1.34. The minimum Gasteiger partial charge on any atom is -0.465 e. The van der Waals surface area contributed by atoms with E-state index >= 15 is 0 Å². The molecule has 1 amide bonds. The van der Waals surface area contributed by atoms with Gasteiger partial charge in [-0.1, -0.05) is 0 Å². The predicted molar refractivity (Wildman–Crippen MR) is 96.3 cm³/mol. The quantitative estimate of drug-likeness (QED) is 0.663. The molecule has 0 N–H and O–H groups in total. The zero-order valence-electron chi connectivity index (χ0n) is 13.9. The summed E-state index contributed by atoms with van der Waals surface area (Å²) in [7, 11) is 1.35. The molecular formula is C18H14N4O3S. The van der Waals surface area contributed by atoms with Crippen LogP contribution in [0, 0.1) is 0 Å². The van der Waals surface area contributed by atoms with E-state index in [2.05, 4.69) is 15.0 Å². The SMILES string of the molecule is COC(=O)c1ccc2c(c1)CCN2C(=O)c1csc(-c2ncccn2)n1. The Morgan fingerprint density at radius 3 is 2.81 bits per heavy atom. The van der Waals surface area contributed by atoms with Gasteiger partial charge in [-0.05, 0) is 36.2 Å². The minimum atomic E-state index is -0.385. The summed E-state index contributed by atoms with van der Waals surface area (Å²) in [6, 6.07) is 6.95. The maximum atomic E-state index is 12.9. The van der Waals surface area contributed by atoms with Gasteiger partial charge in [-0.3, -0.25) is 4.79 Å². The van der Waals surface area contributed by atoms with Crippen molar-refractivity contribution >= 4 is 28.9 Å². The minimum absolute atomic E-state index is 0.173. The van der Waals surface area contributed by atoms with Crippen LogP contribution in [0.4, 0.5) is 5.69 Å². The molecule has 0 unspecified atom stereocenters. The van der Waals surface area contributed by atoms with Crippen molar-refractivity contribution in [3.63, 3.8) is 0 Å². The third kappa shape index (κ3) is 2.84. The molecule has 0 fully saturated rings. The van der Waals surface area contributed by atoms with Crippen LogP contribution in [0.1, 0.15) is 26.4 Å². The third-order valence-corrected chi connectivity index (χ3v) is 4.96. The molecule has 8 heteroatoms. The van der Waals surface area contributed by atoms with Gasteiger partial charge >= 0.3 is 5.97 Å². The Bertz CT molecular complexity index is 987. The van der Waals surface area contributed by atoms with Crippen LogP contribution < -0.4 is 4.90 Å². The number of amides is 1. The number of carbonyl (C=O) groups excluding carboxylic acids is 2. The Balaban J connectivity index is 1.60. The van der Waals surface area contributed by atoms with Gasteiger partial charge in [-0.2, -0.15) is 0 Å². The standard InChI is InChI=1S/C18H14N4O3S/c1-25-18(24)12-3-4-14-11(9-12)5-8-22(14)17(23)13-10-26-16(21-13)15-19-6-2-7-20-15/h2-4,6-7,9-10H,5,8H2,1H3. The Morgan fingerprint density at radius 2 is 2.04 bits per heavy atom. The zero-order chi connectivity index (χ0) is 18.1. The number of anilines is 1. The van der Waals surface area contributed by atoms with E-state index in [1.165, 1.54) is 18.4 Å². The summed E-state index contributed by atoms with van der Waals surface area (Å²) in [6.45, 7) is 0.549. The molecule has 0 bridgehead atoms. The van der Waals surface area contributed by atoms with Crippen molar-refractivity contribution in [1.29, 1.82) is 0 Å². The van der Waals surface area contributed by atoms with Gasteiger partial charge in [0.05, 0.1) is 12.7 Å². The Morgan fingerprint density at radius 1 is 1.23 bits per heavy atom. The van der Waals surface area contributed by atoms with E-state index in [0.717, 1.165) is 11.3 Å². The van der Waals surface area contributed by atoms with Crippen LogP contribution in [0.15, 0.2) is 42.0 Å². The van der Waals surface area contributed by atoms with Gasteiger partial charge in [0.25, 0.3) is 5.91 Å². The van der Waals surface area contributed by atoms with E-state index < -0.39 is 0 Å². The number of methoxy groups -OCH3 is 1. The van der Waals surface area contributed by atoms with E-state index in [0.29, 0.717) is 35.1 Å². The fourth-order valence-corrected chi connectivity index (χ4v) is 3.62. The maximum Gasteiger partial charge on any atom is 0.337 e. The van der Waals surface area contributed by atoms with Crippen molar-refractivity contribution < 1.29 is 14.3 Å². The summed E-state index contributed by atoms with van der Waals surface area (Å²) in [5.41, 5.74) is 2.59. The number of hydrogen-bond donors (Lipinski definition) is 0. The molecule has 3 aromatic rings. The van der Waals surface area contributed by atoms with Crippen molar-refractivity contribution in [3.8, 4) is 10.8 Å². The van der Waals surface area contributed by atoms with Gasteiger partial charge in [0.15, 0.2) is 10.8 Å². The molecule has 0 saturated carbocycles. The summed E-state index contributed by atoms with van der Waals surface area (Å²) in [5, 5.41) is 2.32. The van der Waals surface area contributed by atoms with Crippen LogP contribution in [0.2, 0.25) is 0 Å². The monoisotopic (exact) mass is 366 g/mol. The van der Waals surface area contributed by atoms with E-state index in [-0.39, 0.29) is 11.9 Å². The normalized spacial score (nSPS) is 12.7. The van der Waals surface area contributed by atoms with Crippen molar-refractivity contribution in [3.05, 3.63) is 58.9 Å². The molecule has 0 spiro atoms. The molecule has 0 atom stereocenters. The molecule has 3 heterocycles. The number of rotatable bonds is 3. The van der Waals surface area contributed by atoms with Gasteiger partial charge in [0, 0.05) is 30.0 Å². The molecule has 26 heavy (non-hydrogen) atoms. The Kier molecular flexibility index (Phi) is 4.18. The number of hydrogen-bond acceptors (Lipinski definition) is 7. The first-order valence-corrected chi connectivity index (χ1v) is 8.81. The molecule has 0 aliphatic carbocycles. The lowest BCUT2D eigenvalue weighted by atomic mass is 10.1. The van der Waals surface area contributed by atoms with Crippen LogP contribution in [0.25, 0.3) is 10.8 Å². The van der Waals surface area contributed by atoms with Crippen molar-refractivity contribution in [2.75, 3.05) is 18.6 Å². The van der Waals surface area contributed by atoms with Gasteiger partial charge in [-0.25, -0.2) is 19.7 Å². The highest BCUT2D eigenvalue weighted by molar-refractivity contribution is 7.13. The predicted octanol–water partition coefficient (Wildman–Crippen LogP) is 2.59. The lowest BCUT2D eigenvalue weighted by molar-refractivity contribution is 0.0600. The molecule has 4 rings (SSSR count). The summed E-state index contributed by atoms with van der Waals surface area (Å²) < 4.78 is 4.74. The summed E-state index contributed by atoms with van der Waals surface area (Å²) in [4.78, 5) is 38.9. The second kappa shape index (κ2) is 6.64. The number of ether oxygens (including phenoxy) is 1. The molecule has 1 aromatic carbocycles. The molecule has 130 valence electrons. The Hall–Kier alpha value is -3.13. The fourth-order valence-electron chi connectivity index (χ4n) is 2.88. The number of nitrogens with zero attached hydrogens (tertiary/aromatic N) is 4. The molecular weight excluding hydrogens is 352 g/mol. The van der Waals surface area contributed by atoms with Gasteiger partial charge in [-0.15, -0.1) is 11.3 Å². The molecule has 0 radical (unpaired) electrons. The zero-order valence-corrected chi connectivity index (χ0v) is 14.7. The second-order valence-electron chi connectivity index (χ2n) is 5.65. The number of esters is 1. The number of carbonyl (C=O) groups is 2. The van der Waals surface area contributed by atoms with Gasteiger partial charge in [0.2, 0.25) is 0 Å². The first-order valence-electron chi connectivity index (χ1n) is 7.93. The first-order chi connectivity index (χ1) is 12.7. The van der Waals surface area contributed by atoms with Crippen molar-refractivity contribution in [2.24, 2.45) is 0 Å². The highest BCUT2D eigenvalue weighted by Gasteiger charge is 2.28. The number of thiazole rings is 1. The molecule has 7 nitrogen and oxygen atoms in total. The second-order valence-corrected chi connectivity index (χ2v) is 6.51. The maximum absolute atomic E-state index is 12.9. The fraction of sp³-hybridized carbons (Fsp3) is 0.167. The molecule has 2 aromatic heterocycles. The number of benzene rings is 1. The van der Waals surface area contributed by atoms with Crippen LogP contribution in [-0.4, -0.2) is 40.5 Å². The molecule has 1 aliphatic rings. The average Bonchev–Trinajstić information content (AvgIpc) is 3.34. The van der Waals surface area contributed by atoms with E-state index in [1.54, 1.807) is 46.9 Å². The lowest BCUT2D eigenvalue weighted by Gasteiger charge is -2.16. The number of aromatic nitrogens is 3. The molecule has 0 saturated heterocycles. The molecule has 1 aliphatic heterocycles. The van der Waals surface area contributed by atoms with Crippen LogP contribution in [-0.2, 0) is 11.2 Å². The smallest absolute Gasteiger partial charge is 0.337 e. The van der Waals surface area contributed by atoms with E-state index in [9.17, 15) is 9.59 Å². The summed E-state index contributed by atoms with van der Waals surface area (Å²) in [6.07, 6.45) is 3.96. The highest BCUT2D eigenvalue weighted by Crippen LogP contribution is 2.31. The summed E-state index contributed by atoms with van der Waals surface area (Å²) in [5.74, 6) is -0.0568. The van der Waals surface area contributed by atoms with Crippen LogP contribution in [0.5, 0.6) is 0 Å². The van der Waals surface area contributed by atoms with Crippen LogP contribution >= 0.6 is 11.3 Å².